The van der Waals surface area contributed by atoms with Crippen LogP contribution in [0.1, 0.15) is 17.2 Å². The number of halogens is 2. The van der Waals surface area contributed by atoms with Gasteiger partial charge in [-0.15, -0.1) is 0 Å². The molecule has 3 aromatic rings. The fourth-order valence-corrected chi connectivity index (χ4v) is 4.24. The van der Waals surface area contributed by atoms with Crippen molar-refractivity contribution in [1.29, 1.82) is 0 Å². The molecule has 1 amide bonds. The number of fused-ring (bicyclic) bond motifs is 1. The molecule has 34 heavy (non-hydrogen) atoms. The number of aliphatic hydroxyl groups excluding tert-OH is 1. The number of hydrogen-bond donors (Lipinski definition) is 1. The van der Waals surface area contributed by atoms with Crippen LogP contribution in [-0.2, 0) is 9.59 Å². The number of likely N-dealkylation sites (N-methyl/N-ethyl adjacent to an activating group) is 1. The molecule has 0 bridgehead atoms. The smallest absolute Gasteiger partial charge is 0.300 e. The Morgan fingerprint density at radius 2 is 1.94 bits per heavy atom. The van der Waals surface area contributed by atoms with Gasteiger partial charge in [-0.2, -0.15) is 0 Å². The van der Waals surface area contributed by atoms with Gasteiger partial charge < -0.3 is 14.7 Å². The Labute approximate surface area is 193 Å². The van der Waals surface area contributed by atoms with Gasteiger partial charge in [-0.1, -0.05) is 6.07 Å². The van der Waals surface area contributed by atoms with Gasteiger partial charge in [0.1, 0.15) is 18.1 Å². The molecule has 9 heteroatoms. The van der Waals surface area contributed by atoms with Crippen LogP contribution in [0, 0.1) is 11.6 Å². The molecule has 0 aliphatic carbocycles. The van der Waals surface area contributed by atoms with Gasteiger partial charge in [0, 0.05) is 36.8 Å². The third-order valence-electron chi connectivity index (χ3n) is 5.95. The first-order chi connectivity index (χ1) is 16.4. The van der Waals surface area contributed by atoms with Crippen molar-refractivity contribution in [3.05, 3.63) is 89.3 Å². The molecular formula is C25H19F2N3O4. The molecule has 1 saturated heterocycles. The number of pyridine rings is 1. The number of anilines is 2. The summed E-state index contributed by atoms with van der Waals surface area (Å²) in [5.41, 5.74) is 1.26. The summed E-state index contributed by atoms with van der Waals surface area (Å²) >= 11 is 0. The number of rotatable bonds is 3. The highest BCUT2D eigenvalue weighted by Gasteiger charge is 2.47. The number of nitrogens with zero attached hydrogens (tertiary/aromatic N) is 3. The first kappa shape index (κ1) is 21.6. The van der Waals surface area contributed by atoms with Crippen molar-refractivity contribution in [3.8, 4) is 5.75 Å². The van der Waals surface area contributed by atoms with E-state index in [1.54, 1.807) is 30.3 Å². The summed E-state index contributed by atoms with van der Waals surface area (Å²) in [6, 6.07) is 10.0. The second kappa shape index (κ2) is 8.26. The lowest BCUT2D eigenvalue weighted by Gasteiger charge is -2.28. The first-order valence-corrected chi connectivity index (χ1v) is 10.5. The lowest BCUT2D eigenvalue weighted by Crippen LogP contribution is -2.29. The molecule has 0 radical (unpaired) electrons. The summed E-state index contributed by atoms with van der Waals surface area (Å²) < 4.78 is 33.2. The number of hydrogen-bond acceptors (Lipinski definition) is 6. The van der Waals surface area contributed by atoms with E-state index in [9.17, 15) is 23.5 Å². The minimum absolute atomic E-state index is 0.0209. The van der Waals surface area contributed by atoms with E-state index in [1.165, 1.54) is 18.5 Å². The fourth-order valence-electron chi connectivity index (χ4n) is 4.24. The lowest BCUT2D eigenvalue weighted by molar-refractivity contribution is -0.132. The van der Waals surface area contributed by atoms with Crippen molar-refractivity contribution in [2.24, 2.45) is 0 Å². The van der Waals surface area contributed by atoms with Crippen molar-refractivity contribution < 1.29 is 28.2 Å². The Morgan fingerprint density at radius 3 is 2.68 bits per heavy atom. The van der Waals surface area contributed by atoms with Gasteiger partial charge in [0.05, 0.1) is 23.8 Å². The van der Waals surface area contributed by atoms with Gasteiger partial charge in [-0.3, -0.25) is 19.5 Å². The highest BCUT2D eigenvalue weighted by molar-refractivity contribution is 6.51. The molecule has 1 fully saturated rings. The van der Waals surface area contributed by atoms with E-state index < -0.39 is 29.4 Å². The van der Waals surface area contributed by atoms with E-state index in [1.807, 2.05) is 11.9 Å². The predicted molar refractivity (Wildman–Crippen MR) is 121 cm³/mol. The molecule has 0 saturated carbocycles. The third-order valence-corrected chi connectivity index (χ3v) is 5.95. The number of aliphatic hydroxyl groups is 1. The number of ketones is 1. The van der Waals surface area contributed by atoms with Crippen LogP contribution in [0.4, 0.5) is 20.2 Å². The Bertz CT molecular complexity index is 1340. The normalized spacial score (nSPS) is 19.2. The predicted octanol–water partition coefficient (Wildman–Crippen LogP) is 3.81. The summed E-state index contributed by atoms with van der Waals surface area (Å²) in [6.07, 6.45) is 2.97. The van der Waals surface area contributed by atoms with Crippen LogP contribution in [0.25, 0.3) is 5.76 Å². The second-order valence-electron chi connectivity index (χ2n) is 8.01. The van der Waals surface area contributed by atoms with Crippen LogP contribution in [-0.4, -0.2) is 42.0 Å². The molecule has 1 unspecified atom stereocenters. The van der Waals surface area contributed by atoms with Crippen LogP contribution in [0.5, 0.6) is 5.75 Å². The zero-order valence-corrected chi connectivity index (χ0v) is 18.0. The van der Waals surface area contributed by atoms with Crippen molar-refractivity contribution in [2.75, 3.05) is 30.0 Å². The SMILES string of the molecule is CN1CCOc2ccc(/C(O)=C3/C(=O)C(=O)N(c4ccc(F)c(F)c4)C3c3cccnc3)cc21. The number of benzene rings is 2. The van der Waals surface area contributed by atoms with Gasteiger partial charge in [0.25, 0.3) is 11.7 Å². The monoisotopic (exact) mass is 463 g/mol. The summed E-state index contributed by atoms with van der Waals surface area (Å²) in [4.78, 5) is 33.3. The number of amides is 1. The standard InChI is InChI=1S/C25H19F2N3O4/c1-29-9-10-34-20-7-4-14(11-19(20)29)23(31)21-22(15-3-2-8-28-13-15)30(25(33)24(21)32)16-5-6-17(26)18(27)12-16/h2-8,11-13,22,31H,9-10H2,1H3/b23-21-. The zero-order chi connectivity index (χ0) is 24.0. The van der Waals surface area contributed by atoms with Gasteiger partial charge in [0.2, 0.25) is 0 Å². The number of ether oxygens (including phenoxy) is 1. The van der Waals surface area contributed by atoms with Crippen molar-refractivity contribution in [3.63, 3.8) is 0 Å². The molecule has 172 valence electrons. The molecule has 0 spiro atoms. The molecule has 2 aliphatic rings. The Kier molecular flexibility index (Phi) is 5.24. The number of carbonyl (C=O) groups is 2. The summed E-state index contributed by atoms with van der Waals surface area (Å²) in [7, 11) is 1.88. The van der Waals surface area contributed by atoms with Crippen molar-refractivity contribution in [1.82, 2.24) is 4.98 Å². The van der Waals surface area contributed by atoms with E-state index in [-0.39, 0.29) is 17.0 Å². The summed E-state index contributed by atoms with van der Waals surface area (Å²) in [6.45, 7) is 1.17. The van der Waals surface area contributed by atoms with Gasteiger partial charge in [-0.05, 0) is 42.0 Å². The minimum Gasteiger partial charge on any atom is -0.507 e. The van der Waals surface area contributed by atoms with E-state index in [2.05, 4.69) is 4.98 Å². The topological polar surface area (TPSA) is 83.0 Å². The summed E-state index contributed by atoms with van der Waals surface area (Å²) in [5.74, 6) is -3.92. The van der Waals surface area contributed by atoms with Gasteiger partial charge in [0.15, 0.2) is 11.6 Å². The largest absolute Gasteiger partial charge is 0.507 e. The maximum atomic E-state index is 14.0. The van der Waals surface area contributed by atoms with Crippen LogP contribution in [0.2, 0.25) is 0 Å². The Balaban J connectivity index is 1.69. The Hall–Kier alpha value is -4.27. The van der Waals surface area contributed by atoms with Crippen molar-refractivity contribution in [2.45, 2.75) is 6.04 Å². The Morgan fingerprint density at radius 1 is 1.12 bits per heavy atom. The maximum absolute atomic E-state index is 14.0. The van der Waals surface area contributed by atoms with Gasteiger partial charge in [-0.25, -0.2) is 8.78 Å². The quantitative estimate of drug-likeness (QED) is 0.361. The molecule has 2 aliphatic heterocycles. The first-order valence-electron chi connectivity index (χ1n) is 10.5. The molecule has 2 aromatic carbocycles. The molecule has 7 nitrogen and oxygen atoms in total. The number of aromatic nitrogens is 1. The molecule has 1 N–H and O–H groups in total. The van der Waals surface area contributed by atoms with Crippen LogP contribution >= 0.6 is 0 Å². The van der Waals surface area contributed by atoms with Crippen LogP contribution in [0.3, 0.4) is 0 Å². The second-order valence-corrected chi connectivity index (χ2v) is 8.01. The summed E-state index contributed by atoms with van der Waals surface area (Å²) in [5, 5.41) is 11.3. The molecule has 1 atom stereocenters. The van der Waals surface area contributed by atoms with E-state index in [4.69, 9.17) is 4.74 Å². The van der Waals surface area contributed by atoms with Crippen LogP contribution < -0.4 is 14.5 Å². The fraction of sp³-hybridized carbons (Fsp3) is 0.160. The lowest BCUT2D eigenvalue weighted by atomic mass is 9.95. The molecule has 1 aromatic heterocycles. The van der Waals surface area contributed by atoms with Gasteiger partial charge >= 0.3 is 0 Å². The van der Waals surface area contributed by atoms with E-state index >= 15 is 0 Å². The highest BCUT2D eigenvalue weighted by Crippen LogP contribution is 2.43. The average Bonchev–Trinajstić information content (AvgIpc) is 3.11. The minimum atomic E-state index is -1.16. The number of carbonyl (C=O) groups excluding carboxylic acids is 2. The molecule has 3 heterocycles. The average molecular weight is 463 g/mol. The van der Waals surface area contributed by atoms with Crippen LogP contribution in [0.15, 0.2) is 66.5 Å². The van der Waals surface area contributed by atoms with E-state index in [0.29, 0.717) is 30.0 Å². The maximum Gasteiger partial charge on any atom is 0.300 e. The van der Waals surface area contributed by atoms with Crippen molar-refractivity contribution >= 4 is 28.8 Å². The molecular weight excluding hydrogens is 444 g/mol. The van der Waals surface area contributed by atoms with E-state index in [0.717, 1.165) is 22.7 Å². The number of Topliss-reactive ketones (excluding diaryl/α,β-unsaturated/α-hetero) is 1. The highest BCUT2D eigenvalue weighted by atomic mass is 19.2. The third kappa shape index (κ3) is 3.45. The molecule has 5 rings (SSSR count). The zero-order valence-electron chi connectivity index (χ0n) is 18.0.